The van der Waals surface area contributed by atoms with Crippen molar-refractivity contribution >= 4 is 28.9 Å². The van der Waals surface area contributed by atoms with Crippen molar-refractivity contribution in [1.29, 1.82) is 0 Å². The number of carbonyl (C=O) groups is 1. The van der Waals surface area contributed by atoms with Gasteiger partial charge in [0.15, 0.2) is 0 Å². The third kappa shape index (κ3) is 5.17. The van der Waals surface area contributed by atoms with Crippen LogP contribution in [0.15, 0.2) is 59.0 Å². The molecule has 0 unspecified atom stereocenters. The van der Waals surface area contributed by atoms with Crippen LogP contribution in [0.1, 0.15) is 31.6 Å². The number of anilines is 2. The summed E-state index contributed by atoms with van der Waals surface area (Å²) in [6, 6.07) is 17.4. The van der Waals surface area contributed by atoms with E-state index in [1.165, 1.54) is 0 Å². The summed E-state index contributed by atoms with van der Waals surface area (Å²) < 4.78 is 5.97. The summed E-state index contributed by atoms with van der Waals surface area (Å²) in [5, 5.41) is 7.00. The van der Waals surface area contributed by atoms with Crippen molar-refractivity contribution in [3.63, 3.8) is 0 Å². The molecule has 2 aromatic carbocycles. The average Bonchev–Trinajstić information content (AvgIpc) is 3.10. The summed E-state index contributed by atoms with van der Waals surface area (Å²) in [7, 11) is 0. The van der Waals surface area contributed by atoms with Crippen molar-refractivity contribution in [1.82, 2.24) is 0 Å². The quantitative estimate of drug-likeness (QED) is 0.478. The Labute approximate surface area is 170 Å². The Bertz CT molecular complexity index is 963. The number of rotatable bonds is 7. The van der Waals surface area contributed by atoms with Gasteiger partial charge in [-0.25, -0.2) is 0 Å². The van der Waals surface area contributed by atoms with Gasteiger partial charge in [-0.3, -0.25) is 4.79 Å². The first kappa shape index (κ1) is 20.0. The van der Waals surface area contributed by atoms with Gasteiger partial charge in [0.25, 0.3) is 0 Å². The number of amides is 1. The second-order valence-electron chi connectivity index (χ2n) is 7.26. The van der Waals surface area contributed by atoms with E-state index >= 15 is 0 Å². The number of benzene rings is 2. The molecular formula is C23H25ClN2O2. The summed E-state index contributed by atoms with van der Waals surface area (Å²) in [6.45, 7) is 6.58. The highest BCUT2D eigenvalue weighted by Gasteiger charge is 2.10. The SMILES string of the molecule is Cc1c(Cl)cccc1-c1ccc(CNc2cccc(NC(=O)CC(C)C)c2)o1. The van der Waals surface area contributed by atoms with Crippen LogP contribution < -0.4 is 10.6 Å². The van der Waals surface area contributed by atoms with Crippen LogP contribution in [0.2, 0.25) is 5.02 Å². The van der Waals surface area contributed by atoms with Crippen molar-refractivity contribution < 1.29 is 9.21 Å². The van der Waals surface area contributed by atoms with Crippen molar-refractivity contribution in [2.24, 2.45) is 5.92 Å². The highest BCUT2D eigenvalue weighted by molar-refractivity contribution is 6.31. The Kier molecular flexibility index (Phi) is 6.42. The summed E-state index contributed by atoms with van der Waals surface area (Å²) in [6.07, 6.45) is 0.510. The molecule has 5 heteroatoms. The molecule has 1 heterocycles. The standard InChI is InChI=1S/C23H25ClN2O2/c1-15(2)12-23(27)26-18-7-4-6-17(13-18)25-14-19-10-11-22(28-19)20-8-5-9-21(24)16(20)3/h4-11,13,15,25H,12,14H2,1-3H3,(H,26,27). The molecule has 1 aromatic heterocycles. The number of furan rings is 1. The lowest BCUT2D eigenvalue weighted by atomic mass is 10.1. The van der Waals surface area contributed by atoms with Crippen molar-refractivity contribution in [3.8, 4) is 11.3 Å². The van der Waals surface area contributed by atoms with Gasteiger partial charge in [0.05, 0.1) is 6.54 Å². The summed E-state index contributed by atoms with van der Waals surface area (Å²) >= 11 is 6.21. The van der Waals surface area contributed by atoms with E-state index in [1.54, 1.807) is 0 Å². The van der Waals surface area contributed by atoms with Crippen LogP contribution in [0.5, 0.6) is 0 Å². The van der Waals surface area contributed by atoms with Crippen LogP contribution >= 0.6 is 11.6 Å². The minimum absolute atomic E-state index is 0.0275. The first-order valence-electron chi connectivity index (χ1n) is 9.40. The first-order chi connectivity index (χ1) is 13.4. The first-order valence-corrected chi connectivity index (χ1v) is 9.78. The highest BCUT2D eigenvalue weighted by atomic mass is 35.5. The molecule has 0 saturated heterocycles. The fraction of sp³-hybridized carbons (Fsp3) is 0.261. The molecule has 4 nitrogen and oxygen atoms in total. The van der Waals surface area contributed by atoms with E-state index in [0.717, 1.165) is 39.0 Å². The predicted octanol–water partition coefficient (Wildman–Crippen LogP) is 6.51. The van der Waals surface area contributed by atoms with Crippen LogP contribution in [0.3, 0.4) is 0 Å². The van der Waals surface area contributed by atoms with Gasteiger partial charge < -0.3 is 15.1 Å². The van der Waals surface area contributed by atoms with Crippen molar-refractivity contribution in [3.05, 3.63) is 70.9 Å². The number of hydrogen-bond acceptors (Lipinski definition) is 3. The second kappa shape index (κ2) is 8.98. The molecule has 0 atom stereocenters. The Morgan fingerprint density at radius 1 is 1.07 bits per heavy atom. The molecule has 2 N–H and O–H groups in total. The molecular weight excluding hydrogens is 372 g/mol. The fourth-order valence-corrected chi connectivity index (χ4v) is 3.15. The summed E-state index contributed by atoms with van der Waals surface area (Å²) in [4.78, 5) is 11.9. The maximum Gasteiger partial charge on any atom is 0.224 e. The van der Waals surface area contributed by atoms with Gasteiger partial charge in [0.2, 0.25) is 5.91 Å². The molecule has 0 fully saturated rings. The van der Waals surface area contributed by atoms with E-state index in [4.69, 9.17) is 16.0 Å². The lowest BCUT2D eigenvalue weighted by molar-refractivity contribution is -0.116. The topological polar surface area (TPSA) is 54.3 Å². The maximum atomic E-state index is 11.9. The monoisotopic (exact) mass is 396 g/mol. The molecule has 3 aromatic rings. The molecule has 0 spiro atoms. The van der Waals surface area contributed by atoms with E-state index in [-0.39, 0.29) is 5.91 Å². The Morgan fingerprint density at radius 2 is 1.82 bits per heavy atom. The maximum absolute atomic E-state index is 11.9. The zero-order valence-electron chi connectivity index (χ0n) is 16.4. The van der Waals surface area contributed by atoms with Gasteiger partial charge in [-0.2, -0.15) is 0 Å². The molecule has 0 aliphatic rings. The molecule has 1 amide bonds. The fourth-order valence-electron chi connectivity index (χ4n) is 2.97. The summed E-state index contributed by atoms with van der Waals surface area (Å²) in [5.74, 6) is 1.98. The Balaban J connectivity index is 1.64. The zero-order chi connectivity index (χ0) is 20.1. The lowest BCUT2D eigenvalue weighted by Crippen LogP contribution is -2.13. The van der Waals surface area contributed by atoms with Gasteiger partial charge in [0, 0.05) is 28.4 Å². The highest BCUT2D eigenvalue weighted by Crippen LogP contribution is 2.30. The van der Waals surface area contributed by atoms with Crippen LogP contribution in [0.4, 0.5) is 11.4 Å². The smallest absolute Gasteiger partial charge is 0.224 e. The molecule has 28 heavy (non-hydrogen) atoms. The number of halogens is 1. The van der Waals surface area contributed by atoms with Crippen LogP contribution in [-0.2, 0) is 11.3 Å². The van der Waals surface area contributed by atoms with E-state index in [9.17, 15) is 4.79 Å². The normalized spacial score (nSPS) is 10.9. The lowest BCUT2D eigenvalue weighted by Gasteiger charge is -2.10. The minimum Gasteiger partial charge on any atom is -0.459 e. The third-order valence-corrected chi connectivity index (χ3v) is 4.81. The number of nitrogens with one attached hydrogen (secondary N) is 2. The molecule has 0 aliphatic carbocycles. The average molecular weight is 397 g/mol. The minimum atomic E-state index is 0.0275. The van der Waals surface area contributed by atoms with E-state index in [0.29, 0.717) is 18.9 Å². The molecule has 0 radical (unpaired) electrons. The largest absolute Gasteiger partial charge is 0.459 e. The molecule has 0 aliphatic heterocycles. The van der Waals surface area contributed by atoms with E-state index in [1.807, 2.05) is 75.4 Å². The predicted molar refractivity (Wildman–Crippen MR) is 116 cm³/mol. The van der Waals surface area contributed by atoms with E-state index in [2.05, 4.69) is 10.6 Å². The zero-order valence-corrected chi connectivity index (χ0v) is 17.1. The van der Waals surface area contributed by atoms with E-state index < -0.39 is 0 Å². The van der Waals surface area contributed by atoms with Crippen LogP contribution in [0, 0.1) is 12.8 Å². The van der Waals surface area contributed by atoms with Gasteiger partial charge in [0.1, 0.15) is 11.5 Å². The third-order valence-electron chi connectivity index (χ3n) is 4.40. The molecule has 3 rings (SSSR count). The van der Waals surface area contributed by atoms with Gasteiger partial charge in [-0.15, -0.1) is 0 Å². The molecule has 0 saturated carbocycles. The van der Waals surface area contributed by atoms with Crippen LogP contribution in [-0.4, -0.2) is 5.91 Å². The van der Waals surface area contributed by atoms with Gasteiger partial charge in [-0.05, 0) is 54.8 Å². The van der Waals surface area contributed by atoms with Crippen molar-refractivity contribution in [2.45, 2.75) is 33.7 Å². The summed E-state index contributed by atoms with van der Waals surface area (Å²) in [5.41, 5.74) is 3.70. The second-order valence-corrected chi connectivity index (χ2v) is 7.67. The van der Waals surface area contributed by atoms with Crippen molar-refractivity contribution in [2.75, 3.05) is 10.6 Å². The molecule has 146 valence electrons. The Morgan fingerprint density at radius 3 is 2.61 bits per heavy atom. The van der Waals surface area contributed by atoms with Gasteiger partial charge >= 0.3 is 0 Å². The number of carbonyl (C=O) groups excluding carboxylic acids is 1. The Hall–Kier alpha value is -2.72. The van der Waals surface area contributed by atoms with Gasteiger partial charge in [-0.1, -0.05) is 43.6 Å². The molecule has 0 bridgehead atoms. The van der Waals surface area contributed by atoms with Crippen LogP contribution in [0.25, 0.3) is 11.3 Å². The number of hydrogen-bond donors (Lipinski definition) is 2.